The van der Waals surface area contributed by atoms with E-state index in [-0.39, 0.29) is 11.8 Å². The van der Waals surface area contributed by atoms with Crippen LogP contribution in [-0.2, 0) is 0 Å². The van der Waals surface area contributed by atoms with Crippen molar-refractivity contribution in [3.63, 3.8) is 0 Å². The number of nitrogens with one attached hydrogen (secondary N) is 1. The van der Waals surface area contributed by atoms with Crippen LogP contribution in [0.1, 0.15) is 18.5 Å². The molecular formula is C15H15Cl2NO2. The number of halogens is 2. The molecule has 0 saturated heterocycles. The maximum Gasteiger partial charge on any atom is 0.121 e. The van der Waals surface area contributed by atoms with Gasteiger partial charge in [0.05, 0.1) is 28.9 Å². The van der Waals surface area contributed by atoms with Crippen LogP contribution in [0.25, 0.3) is 0 Å². The lowest BCUT2D eigenvalue weighted by Gasteiger charge is -2.18. The third-order valence-corrected chi connectivity index (χ3v) is 3.84. The summed E-state index contributed by atoms with van der Waals surface area (Å²) < 4.78 is 5.17. The van der Waals surface area contributed by atoms with Gasteiger partial charge in [0.1, 0.15) is 11.5 Å². The van der Waals surface area contributed by atoms with Gasteiger partial charge in [0.2, 0.25) is 0 Å². The molecule has 2 aromatic carbocycles. The van der Waals surface area contributed by atoms with E-state index in [1.807, 2.05) is 19.1 Å². The zero-order valence-corrected chi connectivity index (χ0v) is 12.7. The van der Waals surface area contributed by atoms with E-state index in [1.54, 1.807) is 31.4 Å². The van der Waals surface area contributed by atoms with Crippen molar-refractivity contribution in [3.05, 3.63) is 52.0 Å². The zero-order valence-electron chi connectivity index (χ0n) is 11.2. The molecule has 0 heterocycles. The molecule has 0 aromatic heterocycles. The van der Waals surface area contributed by atoms with Gasteiger partial charge in [-0.2, -0.15) is 0 Å². The fourth-order valence-corrected chi connectivity index (χ4v) is 2.29. The van der Waals surface area contributed by atoms with Crippen molar-refractivity contribution >= 4 is 28.9 Å². The van der Waals surface area contributed by atoms with Crippen molar-refractivity contribution < 1.29 is 9.84 Å². The van der Waals surface area contributed by atoms with Crippen LogP contribution in [0.3, 0.4) is 0 Å². The normalized spacial score (nSPS) is 12.0. The fourth-order valence-electron chi connectivity index (χ4n) is 1.93. The monoisotopic (exact) mass is 311 g/mol. The Hall–Kier alpha value is -1.58. The molecule has 1 unspecified atom stereocenters. The molecule has 5 heteroatoms. The Bertz CT molecular complexity index is 617. The molecule has 3 nitrogen and oxygen atoms in total. The van der Waals surface area contributed by atoms with E-state index in [0.717, 1.165) is 5.56 Å². The average Bonchev–Trinajstić information content (AvgIpc) is 2.44. The predicted octanol–water partition coefficient (Wildman–Crippen LogP) is 4.88. The quantitative estimate of drug-likeness (QED) is 0.845. The van der Waals surface area contributed by atoms with E-state index < -0.39 is 0 Å². The van der Waals surface area contributed by atoms with Crippen LogP contribution in [0.15, 0.2) is 36.4 Å². The Morgan fingerprint density at radius 1 is 1.20 bits per heavy atom. The second-order valence-corrected chi connectivity index (χ2v) is 5.18. The smallest absolute Gasteiger partial charge is 0.121 e. The summed E-state index contributed by atoms with van der Waals surface area (Å²) in [7, 11) is 1.59. The van der Waals surface area contributed by atoms with Crippen molar-refractivity contribution in [2.24, 2.45) is 0 Å². The molecule has 2 N–H and O–H groups in total. The molecule has 2 rings (SSSR count). The number of benzene rings is 2. The highest BCUT2D eigenvalue weighted by Gasteiger charge is 2.13. The molecule has 20 heavy (non-hydrogen) atoms. The zero-order chi connectivity index (χ0) is 14.7. The molecule has 2 aromatic rings. The van der Waals surface area contributed by atoms with Gasteiger partial charge < -0.3 is 15.2 Å². The summed E-state index contributed by atoms with van der Waals surface area (Å²) in [6.45, 7) is 1.92. The topological polar surface area (TPSA) is 41.5 Å². The van der Waals surface area contributed by atoms with Crippen LogP contribution in [0.4, 0.5) is 5.69 Å². The van der Waals surface area contributed by atoms with Gasteiger partial charge in [0.15, 0.2) is 0 Å². The number of methoxy groups -OCH3 is 1. The Morgan fingerprint density at radius 2 is 1.95 bits per heavy atom. The predicted molar refractivity (Wildman–Crippen MR) is 83.2 cm³/mol. The molecule has 0 spiro atoms. The van der Waals surface area contributed by atoms with Crippen LogP contribution in [0.5, 0.6) is 11.5 Å². The van der Waals surface area contributed by atoms with Crippen LogP contribution >= 0.6 is 23.2 Å². The first-order chi connectivity index (χ1) is 9.52. The first-order valence-electron chi connectivity index (χ1n) is 6.10. The molecule has 0 aliphatic carbocycles. The minimum atomic E-state index is -0.152. The van der Waals surface area contributed by atoms with Crippen molar-refractivity contribution in [2.45, 2.75) is 13.0 Å². The van der Waals surface area contributed by atoms with Gasteiger partial charge in [-0.3, -0.25) is 0 Å². The van der Waals surface area contributed by atoms with E-state index in [0.29, 0.717) is 21.5 Å². The highest BCUT2D eigenvalue weighted by Crippen LogP contribution is 2.34. The molecule has 0 bridgehead atoms. The first-order valence-corrected chi connectivity index (χ1v) is 6.86. The highest BCUT2D eigenvalue weighted by atomic mass is 35.5. The third kappa shape index (κ3) is 3.11. The molecule has 1 atom stereocenters. The molecular weight excluding hydrogens is 297 g/mol. The van der Waals surface area contributed by atoms with Crippen LogP contribution in [0, 0.1) is 0 Å². The number of rotatable bonds is 4. The largest absolute Gasteiger partial charge is 0.508 e. The van der Waals surface area contributed by atoms with E-state index in [2.05, 4.69) is 5.32 Å². The average molecular weight is 312 g/mol. The standard InChI is InChI=1S/C15H15Cl2NO2/c1-9(11-8-10(20-2)6-7-14(11)19)18-13-5-3-4-12(16)15(13)17/h3-9,18-19H,1-2H3. The maximum atomic E-state index is 9.95. The summed E-state index contributed by atoms with van der Waals surface area (Å²) in [5.41, 5.74) is 1.44. The van der Waals surface area contributed by atoms with Crippen LogP contribution in [0.2, 0.25) is 10.0 Å². The van der Waals surface area contributed by atoms with Gasteiger partial charge in [-0.05, 0) is 37.3 Å². The van der Waals surface area contributed by atoms with E-state index in [1.165, 1.54) is 0 Å². The Morgan fingerprint density at radius 3 is 2.65 bits per heavy atom. The summed E-state index contributed by atoms with van der Waals surface area (Å²) in [5, 5.41) is 14.1. The van der Waals surface area contributed by atoms with Gasteiger partial charge in [-0.15, -0.1) is 0 Å². The van der Waals surface area contributed by atoms with E-state index >= 15 is 0 Å². The number of aromatic hydroxyl groups is 1. The summed E-state index contributed by atoms with van der Waals surface area (Å²) in [4.78, 5) is 0. The molecule has 0 saturated carbocycles. The second-order valence-electron chi connectivity index (χ2n) is 4.39. The molecule has 0 radical (unpaired) electrons. The Labute approximate surface area is 128 Å². The Balaban J connectivity index is 2.28. The number of hydrogen-bond acceptors (Lipinski definition) is 3. The SMILES string of the molecule is COc1ccc(O)c(C(C)Nc2cccc(Cl)c2Cl)c1. The summed E-state index contributed by atoms with van der Waals surface area (Å²) in [6, 6.07) is 10.3. The molecule has 0 aliphatic rings. The minimum Gasteiger partial charge on any atom is -0.508 e. The van der Waals surface area contributed by atoms with Gasteiger partial charge in [0, 0.05) is 5.56 Å². The lowest BCUT2D eigenvalue weighted by atomic mass is 10.1. The molecule has 0 amide bonds. The highest BCUT2D eigenvalue weighted by molar-refractivity contribution is 6.43. The van der Waals surface area contributed by atoms with Gasteiger partial charge in [-0.1, -0.05) is 29.3 Å². The summed E-state index contributed by atoms with van der Waals surface area (Å²) >= 11 is 12.1. The van der Waals surface area contributed by atoms with Crippen LogP contribution < -0.4 is 10.1 Å². The molecule has 106 valence electrons. The summed E-state index contributed by atoms with van der Waals surface area (Å²) in [5.74, 6) is 0.882. The van der Waals surface area contributed by atoms with Gasteiger partial charge in [0.25, 0.3) is 0 Å². The number of hydrogen-bond donors (Lipinski definition) is 2. The lowest BCUT2D eigenvalue weighted by Crippen LogP contribution is -2.07. The van der Waals surface area contributed by atoms with Crippen molar-refractivity contribution in [1.29, 1.82) is 0 Å². The van der Waals surface area contributed by atoms with E-state index in [9.17, 15) is 5.11 Å². The lowest BCUT2D eigenvalue weighted by molar-refractivity contribution is 0.410. The van der Waals surface area contributed by atoms with Crippen LogP contribution in [-0.4, -0.2) is 12.2 Å². The Kier molecular flexibility index (Phi) is 4.63. The van der Waals surface area contributed by atoms with Crippen molar-refractivity contribution in [1.82, 2.24) is 0 Å². The molecule has 0 aliphatic heterocycles. The number of phenolic OH excluding ortho intramolecular Hbond substituents is 1. The van der Waals surface area contributed by atoms with Crippen molar-refractivity contribution in [3.8, 4) is 11.5 Å². The number of phenols is 1. The van der Waals surface area contributed by atoms with Gasteiger partial charge >= 0.3 is 0 Å². The van der Waals surface area contributed by atoms with Gasteiger partial charge in [-0.25, -0.2) is 0 Å². The number of anilines is 1. The first kappa shape index (κ1) is 14.8. The minimum absolute atomic E-state index is 0.152. The third-order valence-electron chi connectivity index (χ3n) is 3.02. The maximum absolute atomic E-state index is 9.95. The summed E-state index contributed by atoms with van der Waals surface area (Å²) in [6.07, 6.45) is 0. The fraction of sp³-hybridized carbons (Fsp3) is 0.200. The van der Waals surface area contributed by atoms with Crippen molar-refractivity contribution in [2.75, 3.05) is 12.4 Å². The van der Waals surface area contributed by atoms with E-state index in [4.69, 9.17) is 27.9 Å². The number of ether oxygens (including phenoxy) is 1. The second kappa shape index (κ2) is 6.25. The molecule has 0 fully saturated rings.